The van der Waals surface area contributed by atoms with Crippen LogP contribution in [0, 0.1) is 0 Å². The van der Waals surface area contributed by atoms with Crippen LogP contribution in [0.2, 0.25) is 0 Å². The standard InChI is InChI=1S/C17H23N3O2S/c21-17(12-18-6-8-22-14-17)13-20(11-16-19-7-9-23-16)10-15-4-2-1-3-5-15/h1-5,7,9,18,21H,6,8,10-14H2. The van der Waals surface area contributed by atoms with Gasteiger partial charge in [0.05, 0.1) is 19.8 Å². The molecule has 1 aliphatic heterocycles. The highest BCUT2D eigenvalue weighted by Gasteiger charge is 2.31. The highest BCUT2D eigenvalue weighted by Crippen LogP contribution is 2.17. The van der Waals surface area contributed by atoms with Gasteiger partial charge in [-0.2, -0.15) is 0 Å². The first kappa shape index (κ1) is 16.5. The zero-order valence-corrected chi connectivity index (χ0v) is 14.0. The third-order valence-electron chi connectivity index (χ3n) is 3.86. The van der Waals surface area contributed by atoms with Crippen LogP contribution >= 0.6 is 11.3 Å². The third kappa shape index (κ3) is 5.09. The Bertz CT molecular complexity index is 569. The maximum Gasteiger partial charge on any atom is 0.113 e. The number of hydrogen-bond acceptors (Lipinski definition) is 6. The third-order valence-corrected chi connectivity index (χ3v) is 4.62. The quantitative estimate of drug-likeness (QED) is 0.839. The Morgan fingerprint density at radius 1 is 1.30 bits per heavy atom. The molecule has 2 heterocycles. The van der Waals surface area contributed by atoms with Gasteiger partial charge >= 0.3 is 0 Å². The van der Waals surface area contributed by atoms with Crippen LogP contribution in [0.25, 0.3) is 0 Å². The van der Waals surface area contributed by atoms with Gasteiger partial charge in [0, 0.05) is 37.8 Å². The van der Waals surface area contributed by atoms with Crippen molar-refractivity contribution in [2.75, 3.05) is 32.8 Å². The minimum atomic E-state index is -0.872. The molecule has 2 N–H and O–H groups in total. The molecule has 0 spiro atoms. The van der Waals surface area contributed by atoms with Gasteiger partial charge in [-0.15, -0.1) is 11.3 Å². The molecular formula is C17H23N3O2S. The van der Waals surface area contributed by atoms with E-state index in [1.54, 1.807) is 11.3 Å². The first-order valence-corrected chi connectivity index (χ1v) is 8.77. The molecule has 1 aliphatic rings. The van der Waals surface area contributed by atoms with Crippen LogP contribution < -0.4 is 5.32 Å². The zero-order valence-electron chi connectivity index (χ0n) is 13.1. The zero-order chi connectivity index (χ0) is 16.0. The number of ether oxygens (including phenoxy) is 1. The normalized spacial score (nSPS) is 22.2. The van der Waals surface area contributed by atoms with Gasteiger partial charge in [0.15, 0.2) is 0 Å². The molecule has 124 valence electrons. The van der Waals surface area contributed by atoms with E-state index in [1.807, 2.05) is 29.8 Å². The number of thiazole rings is 1. The second-order valence-electron chi connectivity index (χ2n) is 6.01. The molecule has 3 rings (SSSR count). The lowest BCUT2D eigenvalue weighted by molar-refractivity contribution is -0.0518. The molecule has 1 saturated heterocycles. The molecule has 0 radical (unpaired) electrons. The van der Waals surface area contributed by atoms with Gasteiger partial charge in [-0.1, -0.05) is 30.3 Å². The molecule has 0 saturated carbocycles. The summed E-state index contributed by atoms with van der Waals surface area (Å²) < 4.78 is 5.54. The summed E-state index contributed by atoms with van der Waals surface area (Å²) in [6.45, 7) is 4.41. The molecule has 0 amide bonds. The molecule has 0 aliphatic carbocycles. The van der Waals surface area contributed by atoms with Crippen molar-refractivity contribution in [2.45, 2.75) is 18.7 Å². The Labute approximate surface area is 140 Å². The molecule has 1 aromatic carbocycles. The minimum absolute atomic E-state index is 0.364. The van der Waals surface area contributed by atoms with E-state index in [1.165, 1.54) is 5.56 Å². The van der Waals surface area contributed by atoms with E-state index in [4.69, 9.17) is 4.74 Å². The molecule has 0 bridgehead atoms. The van der Waals surface area contributed by atoms with Gasteiger partial charge in [-0.3, -0.25) is 4.90 Å². The van der Waals surface area contributed by atoms with Crippen LogP contribution in [0.5, 0.6) is 0 Å². The second kappa shape index (κ2) is 7.99. The number of β-amino-alcohol motifs (C(OH)–C–C–N with tert-alkyl or cyclic N) is 1. The molecule has 2 aromatic rings. The van der Waals surface area contributed by atoms with E-state index < -0.39 is 5.60 Å². The van der Waals surface area contributed by atoms with Crippen LogP contribution in [-0.4, -0.2) is 53.4 Å². The summed E-state index contributed by atoms with van der Waals surface area (Å²) in [6, 6.07) is 10.3. The Morgan fingerprint density at radius 2 is 2.17 bits per heavy atom. The number of aliphatic hydroxyl groups is 1. The van der Waals surface area contributed by atoms with Crippen LogP contribution in [0.1, 0.15) is 10.6 Å². The summed E-state index contributed by atoms with van der Waals surface area (Å²) in [5.74, 6) is 0. The van der Waals surface area contributed by atoms with E-state index in [2.05, 4.69) is 27.3 Å². The number of rotatable bonds is 6. The Morgan fingerprint density at radius 3 is 2.96 bits per heavy atom. The Hall–Kier alpha value is -1.31. The van der Waals surface area contributed by atoms with Gasteiger partial charge in [0.2, 0.25) is 0 Å². The van der Waals surface area contributed by atoms with Crippen molar-refractivity contribution < 1.29 is 9.84 Å². The second-order valence-corrected chi connectivity index (χ2v) is 6.99. The molecule has 1 atom stereocenters. The smallest absolute Gasteiger partial charge is 0.113 e. The fraction of sp³-hybridized carbons (Fsp3) is 0.471. The fourth-order valence-electron chi connectivity index (χ4n) is 2.83. The Balaban J connectivity index is 1.71. The lowest BCUT2D eigenvalue weighted by Gasteiger charge is -2.32. The number of hydrogen-bond donors (Lipinski definition) is 2. The average molecular weight is 333 g/mol. The van der Waals surface area contributed by atoms with Gasteiger partial charge in [-0.05, 0) is 5.56 Å². The predicted molar refractivity (Wildman–Crippen MR) is 91.3 cm³/mol. The van der Waals surface area contributed by atoms with Crippen molar-refractivity contribution >= 4 is 11.3 Å². The lowest BCUT2D eigenvalue weighted by atomic mass is 10.0. The first-order valence-electron chi connectivity index (χ1n) is 7.89. The topological polar surface area (TPSA) is 57.6 Å². The molecular weight excluding hydrogens is 310 g/mol. The molecule has 6 heteroatoms. The van der Waals surface area contributed by atoms with Crippen LogP contribution in [0.15, 0.2) is 41.9 Å². The maximum absolute atomic E-state index is 10.9. The van der Waals surface area contributed by atoms with Crippen LogP contribution in [0.3, 0.4) is 0 Å². The van der Waals surface area contributed by atoms with Crippen molar-refractivity contribution in [3.63, 3.8) is 0 Å². The summed E-state index contributed by atoms with van der Waals surface area (Å²) in [7, 11) is 0. The van der Waals surface area contributed by atoms with E-state index in [-0.39, 0.29) is 0 Å². The largest absolute Gasteiger partial charge is 0.385 e. The molecule has 5 nitrogen and oxygen atoms in total. The number of aromatic nitrogens is 1. The van der Waals surface area contributed by atoms with Gasteiger partial charge in [-0.25, -0.2) is 4.98 Å². The van der Waals surface area contributed by atoms with Crippen molar-refractivity contribution in [1.29, 1.82) is 0 Å². The van der Waals surface area contributed by atoms with E-state index in [9.17, 15) is 5.11 Å². The highest BCUT2D eigenvalue weighted by molar-refractivity contribution is 7.09. The molecule has 1 aromatic heterocycles. The van der Waals surface area contributed by atoms with Gasteiger partial charge < -0.3 is 15.2 Å². The fourth-order valence-corrected chi connectivity index (χ4v) is 3.49. The number of nitrogens with one attached hydrogen (secondary N) is 1. The van der Waals surface area contributed by atoms with Gasteiger partial charge in [0.25, 0.3) is 0 Å². The predicted octanol–water partition coefficient (Wildman–Crippen LogP) is 1.50. The number of benzene rings is 1. The average Bonchev–Trinajstić information content (AvgIpc) is 2.95. The molecule has 1 fully saturated rings. The summed E-state index contributed by atoms with van der Waals surface area (Å²) in [5.41, 5.74) is 0.359. The summed E-state index contributed by atoms with van der Waals surface area (Å²) in [5, 5.41) is 17.2. The first-order chi connectivity index (χ1) is 11.2. The van der Waals surface area contributed by atoms with E-state index in [0.29, 0.717) is 26.3 Å². The minimum Gasteiger partial charge on any atom is -0.385 e. The molecule has 23 heavy (non-hydrogen) atoms. The summed E-state index contributed by atoms with van der Waals surface area (Å²) >= 11 is 1.65. The van der Waals surface area contributed by atoms with Crippen LogP contribution in [-0.2, 0) is 17.8 Å². The van der Waals surface area contributed by atoms with E-state index >= 15 is 0 Å². The SMILES string of the molecule is OC1(CN(Cc2ccccc2)Cc2nccs2)CNCCOC1. The Kier molecular flexibility index (Phi) is 5.75. The maximum atomic E-state index is 10.9. The van der Waals surface area contributed by atoms with E-state index in [0.717, 1.165) is 24.6 Å². The van der Waals surface area contributed by atoms with Gasteiger partial charge in [0.1, 0.15) is 10.6 Å². The highest BCUT2D eigenvalue weighted by atomic mass is 32.1. The van der Waals surface area contributed by atoms with Crippen molar-refractivity contribution in [3.05, 3.63) is 52.5 Å². The monoisotopic (exact) mass is 333 g/mol. The van der Waals surface area contributed by atoms with Crippen molar-refractivity contribution in [3.8, 4) is 0 Å². The van der Waals surface area contributed by atoms with Crippen LogP contribution in [0.4, 0.5) is 0 Å². The van der Waals surface area contributed by atoms with Crippen molar-refractivity contribution in [2.24, 2.45) is 0 Å². The van der Waals surface area contributed by atoms with Crippen molar-refractivity contribution in [1.82, 2.24) is 15.2 Å². The summed E-state index contributed by atoms with van der Waals surface area (Å²) in [4.78, 5) is 6.62. The number of nitrogens with zero attached hydrogens (tertiary/aromatic N) is 2. The lowest BCUT2D eigenvalue weighted by Crippen LogP contribution is -2.51. The summed E-state index contributed by atoms with van der Waals surface area (Å²) in [6.07, 6.45) is 1.83. The molecule has 1 unspecified atom stereocenters.